The van der Waals surface area contributed by atoms with Crippen LogP contribution in [0.4, 0.5) is 0 Å². The molecule has 1 aromatic carbocycles. The third-order valence-electron chi connectivity index (χ3n) is 3.82. The average molecular weight is 246 g/mol. The lowest BCUT2D eigenvalue weighted by Gasteiger charge is -2.31. The van der Waals surface area contributed by atoms with E-state index in [1.807, 2.05) is 0 Å². The van der Waals surface area contributed by atoms with Crippen molar-refractivity contribution in [1.29, 1.82) is 0 Å². The number of rotatable bonds is 3. The number of nitrogens with zero attached hydrogens (tertiary/aromatic N) is 1. The van der Waals surface area contributed by atoms with Gasteiger partial charge in [-0.1, -0.05) is 37.3 Å². The van der Waals surface area contributed by atoms with Crippen molar-refractivity contribution in [2.24, 2.45) is 5.92 Å². The summed E-state index contributed by atoms with van der Waals surface area (Å²) in [4.78, 5) is 2.63. The zero-order chi connectivity index (χ0) is 12.8. The predicted octanol–water partition coefficient (Wildman–Crippen LogP) is 2.55. The highest BCUT2D eigenvalue weighted by molar-refractivity contribution is 5.14. The van der Waals surface area contributed by atoms with E-state index in [1.165, 1.54) is 38.0 Å². The lowest BCUT2D eigenvalue weighted by Crippen LogP contribution is -2.43. The van der Waals surface area contributed by atoms with Gasteiger partial charge in [-0.15, -0.1) is 0 Å². The Kier molecular flexibility index (Phi) is 5.21. The first-order valence-electron chi connectivity index (χ1n) is 7.23. The maximum absolute atomic E-state index is 3.60. The van der Waals surface area contributed by atoms with Gasteiger partial charge in [0, 0.05) is 19.1 Å². The van der Waals surface area contributed by atoms with Crippen molar-refractivity contribution in [2.45, 2.75) is 32.7 Å². The van der Waals surface area contributed by atoms with Crippen molar-refractivity contribution in [3.05, 3.63) is 35.9 Å². The van der Waals surface area contributed by atoms with E-state index >= 15 is 0 Å². The summed E-state index contributed by atoms with van der Waals surface area (Å²) in [5.41, 5.74) is 1.46. The van der Waals surface area contributed by atoms with Crippen molar-refractivity contribution in [1.82, 2.24) is 10.2 Å². The summed E-state index contributed by atoms with van der Waals surface area (Å²) < 4.78 is 0. The van der Waals surface area contributed by atoms with Crippen LogP contribution >= 0.6 is 0 Å². The van der Waals surface area contributed by atoms with Gasteiger partial charge in [0.25, 0.3) is 0 Å². The Morgan fingerprint density at radius 3 is 2.78 bits per heavy atom. The summed E-state index contributed by atoms with van der Waals surface area (Å²) in [5.74, 6) is 0.753. The highest BCUT2D eigenvalue weighted by atomic mass is 15.1. The van der Waals surface area contributed by atoms with Gasteiger partial charge in [-0.3, -0.25) is 0 Å². The van der Waals surface area contributed by atoms with Crippen LogP contribution < -0.4 is 5.32 Å². The molecule has 0 bridgehead atoms. The molecule has 0 saturated carbocycles. The fourth-order valence-corrected chi connectivity index (χ4v) is 2.61. The standard InChI is InChI=1S/C16H26N2/c1-14-12-17-15(2)8-10-18(13-14)11-9-16-6-4-3-5-7-16/h3-7,14-15,17H,8-13H2,1-2H3. The molecule has 0 radical (unpaired) electrons. The molecule has 1 fully saturated rings. The topological polar surface area (TPSA) is 15.3 Å². The normalized spacial score (nSPS) is 26.6. The van der Waals surface area contributed by atoms with Gasteiger partial charge in [0.1, 0.15) is 0 Å². The van der Waals surface area contributed by atoms with Crippen LogP contribution in [-0.2, 0) is 6.42 Å². The molecular weight excluding hydrogens is 220 g/mol. The summed E-state index contributed by atoms with van der Waals surface area (Å²) >= 11 is 0. The largest absolute Gasteiger partial charge is 0.314 e. The van der Waals surface area contributed by atoms with Crippen molar-refractivity contribution in [3.8, 4) is 0 Å². The highest BCUT2D eigenvalue weighted by Crippen LogP contribution is 2.08. The lowest BCUT2D eigenvalue weighted by atomic mass is 10.1. The molecule has 1 aliphatic rings. The Morgan fingerprint density at radius 1 is 1.22 bits per heavy atom. The summed E-state index contributed by atoms with van der Waals surface area (Å²) in [6, 6.07) is 11.5. The smallest absolute Gasteiger partial charge is 0.00510 e. The third-order valence-corrected chi connectivity index (χ3v) is 3.82. The molecule has 1 N–H and O–H groups in total. The fraction of sp³-hybridized carbons (Fsp3) is 0.625. The SMILES string of the molecule is CC1CNC(C)CCN(CCc2ccccc2)C1. The fourth-order valence-electron chi connectivity index (χ4n) is 2.61. The van der Waals surface area contributed by atoms with Crippen LogP contribution in [0.5, 0.6) is 0 Å². The van der Waals surface area contributed by atoms with E-state index < -0.39 is 0 Å². The number of benzene rings is 1. The van der Waals surface area contributed by atoms with Gasteiger partial charge in [-0.25, -0.2) is 0 Å². The minimum Gasteiger partial charge on any atom is -0.314 e. The lowest BCUT2D eigenvalue weighted by molar-refractivity contribution is 0.204. The maximum atomic E-state index is 3.60. The van der Waals surface area contributed by atoms with Crippen LogP contribution in [0.25, 0.3) is 0 Å². The molecule has 1 aliphatic heterocycles. The molecule has 2 heteroatoms. The van der Waals surface area contributed by atoms with Gasteiger partial charge in [0.05, 0.1) is 0 Å². The second-order valence-corrected chi connectivity index (χ2v) is 5.74. The van der Waals surface area contributed by atoms with E-state index in [4.69, 9.17) is 0 Å². The van der Waals surface area contributed by atoms with E-state index in [2.05, 4.69) is 54.4 Å². The molecule has 1 aromatic rings. The molecule has 0 spiro atoms. The van der Waals surface area contributed by atoms with E-state index in [0.29, 0.717) is 6.04 Å². The van der Waals surface area contributed by atoms with Gasteiger partial charge in [0.15, 0.2) is 0 Å². The number of hydrogen-bond donors (Lipinski definition) is 1. The molecule has 0 aromatic heterocycles. The Balaban J connectivity index is 1.83. The summed E-state index contributed by atoms with van der Waals surface area (Å²) in [7, 11) is 0. The quantitative estimate of drug-likeness (QED) is 0.882. The Bertz CT molecular complexity index is 336. The second-order valence-electron chi connectivity index (χ2n) is 5.74. The molecule has 100 valence electrons. The summed E-state index contributed by atoms with van der Waals surface area (Å²) in [6.45, 7) is 9.45. The van der Waals surface area contributed by atoms with Gasteiger partial charge < -0.3 is 10.2 Å². The molecule has 0 aliphatic carbocycles. The van der Waals surface area contributed by atoms with Gasteiger partial charge in [0.2, 0.25) is 0 Å². The third kappa shape index (κ3) is 4.43. The molecule has 0 amide bonds. The van der Waals surface area contributed by atoms with Crippen LogP contribution in [0.1, 0.15) is 25.8 Å². The summed E-state index contributed by atoms with van der Waals surface area (Å²) in [5, 5.41) is 3.60. The van der Waals surface area contributed by atoms with Crippen LogP contribution in [0.2, 0.25) is 0 Å². The zero-order valence-electron chi connectivity index (χ0n) is 11.7. The maximum Gasteiger partial charge on any atom is 0.00510 e. The first-order chi connectivity index (χ1) is 8.74. The monoisotopic (exact) mass is 246 g/mol. The van der Waals surface area contributed by atoms with E-state index in [-0.39, 0.29) is 0 Å². The van der Waals surface area contributed by atoms with Crippen molar-refractivity contribution in [3.63, 3.8) is 0 Å². The van der Waals surface area contributed by atoms with Crippen LogP contribution in [0, 0.1) is 5.92 Å². The van der Waals surface area contributed by atoms with Gasteiger partial charge >= 0.3 is 0 Å². The second kappa shape index (κ2) is 6.91. The van der Waals surface area contributed by atoms with E-state index in [0.717, 1.165) is 12.5 Å². The van der Waals surface area contributed by atoms with Gasteiger partial charge in [-0.05, 0) is 44.3 Å². The zero-order valence-corrected chi connectivity index (χ0v) is 11.7. The molecule has 2 atom stereocenters. The number of hydrogen-bond acceptors (Lipinski definition) is 2. The summed E-state index contributed by atoms with van der Waals surface area (Å²) in [6.07, 6.45) is 2.44. The molecule has 1 saturated heterocycles. The molecule has 2 rings (SSSR count). The van der Waals surface area contributed by atoms with Gasteiger partial charge in [-0.2, -0.15) is 0 Å². The molecule has 2 nitrogen and oxygen atoms in total. The predicted molar refractivity (Wildman–Crippen MR) is 77.8 cm³/mol. The molecule has 2 unspecified atom stereocenters. The highest BCUT2D eigenvalue weighted by Gasteiger charge is 2.15. The average Bonchev–Trinajstić information content (AvgIpc) is 2.39. The first kappa shape index (κ1) is 13.6. The minimum absolute atomic E-state index is 0.659. The van der Waals surface area contributed by atoms with E-state index in [9.17, 15) is 0 Å². The Labute approximate surface area is 111 Å². The molecule has 1 heterocycles. The van der Waals surface area contributed by atoms with Crippen molar-refractivity contribution >= 4 is 0 Å². The van der Waals surface area contributed by atoms with Crippen molar-refractivity contribution in [2.75, 3.05) is 26.2 Å². The molecular formula is C16H26N2. The van der Waals surface area contributed by atoms with Crippen LogP contribution in [0.3, 0.4) is 0 Å². The van der Waals surface area contributed by atoms with Crippen molar-refractivity contribution < 1.29 is 0 Å². The number of nitrogens with one attached hydrogen (secondary N) is 1. The minimum atomic E-state index is 0.659. The molecule has 18 heavy (non-hydrogen) atoms. The Hall–Kier alpha value is -0.860. The van der Waals surface area contributed by atoms with E-state index in [1.54, 1.807) is 0 Å². The Morgan fingerprint density at radius 2 is 2.00 bits per heavy atom. The van der Waals surface area contributed by atoms with Crippen LogP contribution in [0.15, 0.2) is 30.3 Å². The first-order valence-corrected chi connectivity index (χ1v) is 7.23. The van der Waals surface area contributed by atoms with Crippen LogP contribution in [-0.4, -0.2) is 37.1 Å².